The summed E-state index contributed by atoms with van der Waals surface area (Å²) in [4.78, 5) is 18.0. The molecule has 0 aliphatic rings. The molecule has 22 heavy (non-hydrogen) atoms. The van der Waals surface area contributed by atoms with Crippen molar-refractivity contribution in [2.75, 3.05) is 0 Å². The van der Waals surface area contributed by atoms with Crippen molar-refractivity contribution >= 4 is 21.6 Å². The normalized spacial score (nSPS) is 10.8. The zero-order valence-corrected chi connectivity index (χ0v) is 13.5. The lowest BCUT2D eigenvalue weighted by Gasteiger charge is -2.08. The number of thiophene rings is 1. The lowest BCUT2D eigenvalue weighted by Crippen LogP contribution is -2.23. The van der Waals surface area contributed by atoms with Crippen LogP contribution >= 0.6 is 11.3 Å². The average molecular weight is 309 g/mol. The van der Waals surface area contributed by atoms with Crippen LogP contribution in [0.4, 0.5) is 0 Å². The Labute approximate surface area is 132 Å². The highest BCUT2D eigenvalue weighted by Crippen LogP contribution is 2.33. The molecule has 0 N–H and O–H groups in total. The van der Waals surface area contributed by atoms with Gasteiger partial charge in [-0.15, -0.1) is 11.3 Å². The van der Waals surface area contributed by atoms with E-state index in [1.54, 1.807) is 6.92 Å². The highest BCUT2D eigenvalue weighted by molar-refractivity contribution is 7.17. The van der Waals surface area contributed by atoms with Gasteiger partial charge in [0.1, 0.15) is 17.2 Å². The molecule has 110 valence electrons. The van der Waals surface area contributed by atoms with Crippen LogP contribution in [0, 0.1) is 32.1 Å². The number of nitrogens with zero attached hydrogens (tertiary/aromatic N) is 3. The van der Waals surface area contributed by atoms with Crippen molar-refractivity contribution in [1.29, 1.82) is 5.26 Å². The minimum absolute atomic E-state index is 0.0236. The van der Waals surface area contributed by atoms with Gasteiger partial charge in [-0.2, -0.15) is 5.26 Å². The molecule has 4 nitrogen and oxygen atoms in total. The molecule has 0 fully saturated rings. The summed E-state index contributed by atoms with van der Waals surface area (Å²) in [5.74, 6) is 0.577. The second-order valence-corrected chi connectivity index (χ2v) is 6.21. The van der Waals surface area contributed by atoms with E-state index in [2.05, 4.69) is 11.1 Å². The van der Waals surface area contributed by atoms with Crippen LogP contribution in [0.15, 0.2) is 28.4 Å². The summed E-state index contributed by atoms with van der Waals surface area (Å²) in [7, 11) is 0. The van der Waals surface area contributed by atoms with Crippen molar-refractivity contribution in [2.45, 2.75) is 27.3 Å². The molecule has 0 bridgehead atoms. The molecule has 3 rings (SSSR count). The van der Waals surface area contributed by atoms with Gasteiger partial charge >= 0.3 is 0 Å². The molecule has 2 heterocycles. The minimum atomic E-state index is -0.139. The Bertz CT molecular complexity index is 976. The first-order valence-corrected chi connectivity index (χ1v) is 7.84. The van der Waals surface area contributed by atoms with Gasteiger partial charge in [-0.1, -0.05) is 23.8 Å². The Morgan fingerprint density at radius 1 is 1.27 bits per heavy atom. The molecular weight excluding hydrogens is 294 g/mol. The molecule has 3 aromatic rings. The summed E-state index contributed by atoms with van der Waals surface area (Å²) in [6.07, 6.45) is 0. The number of rotatable bonds is 2. The fourth-order valence-electron chi connectivity index (χ4n) is 2.70. The summed E-state index contributed by atoms with van der Waals surface area (Å²) in [5.41, 5.74) is 4.13. The van der Waals surface area contributed by atoms with Crippen LogP contribution in [0.25, 0.3) is 21.3 Å². The highest BCUT2D eigenvalue weighted by atomic mass is 32.1. The zero-order chi connectivity index (χ0) is 15.9. The second-order valence-electron chi connectivity index (χ2n) is 5.36. The van der Waals surface area contributed by atoms with Gasteiger partial charge in [0.15, 0.2) is 0 Å². The fraction of sp³-hybridized carbons (Fsp3) is 0.235. The molecule has 0 atom stereocenters. The Balaban J connectivity index is 2.35. The van der Waals surface area contributed by atoms with Gasteiger partial charge in [-0.3, -0.25) is 9.36 Å². The first-order chi connectivity index (χ1) is 10.5. The second kappa shape index (κ2) is 5.39. The molecule has 2 aromatic heterocycles. The van der Waals surface area contributed by atoms with Gasteiger partial charge in [0, 0.05) is 10.9 Å². The maximum atomic E-state index is 12.8. The van der Waals surface area contributed by atoms with E-state index >= 15 is 0 Å². The van der Waals surface area contributed by atoms with E-state index in [1.165, 1.54) is 21.5 Å². The summed E-state index contributed by atoms with van der Waals surface area (Å²) in [6, 6.07) is 8.22. The number of aromatic nitrogens is 2. The van der Waals surface area contributed by atoms with E-state index in [1.807, 2.05) is 37.4 Å². The van der Waals surface area contributed by atoms with Crippen molar-refractivity contribution in [3.8, 4) is 17.2 Å². The molecule has 5 heteroatoms. The summed E-state index contributed by atoms with van der Waals surface area (Å²) < 4.78 is 1.43. The smallest absolute Gasteiger partial charge is 0.263 e. The molecule has 0 saturated heterocycles. The highest BCUT2D eigenvalue weighted by Gasteiger charge is 2.16. The average Bonchev–Trinajstić information content (AvgIpc) is 2.87. The number of fused-ring (bicyclic) bond motifs is 1. The molecule has 0 aliphatic carbocycles. The van der Waals surface area contributed by atoms with Gasteiger partial charge in [0.2, 0.25) is 0 Å². The quantitative estimate of drug-likeness (QED) is 0.727. The Morgan fingerprint density at radius 2 is 2.05 bits per heavy atom. The van der Waals surface area contributed by atoms with E-state index < -0.39 is 0 Å². The molecule has 1 aromatic carbocycles. The van der Waals surface area contributed by atoms with E-state index in [4.69, 9.17) is 5.26 Å². The SMILES string of the molecule is Cc1ccc(-c2csc3nc(C)n(CC#N)c(=O)c23)c(C)c1. The van der Waals surface area contributed by atoms with Crippen LogP contribution in [-0.2, 0) is 6.54 Å². The van der Waals surface area contributed by atoms with Gasteiger partial charge in [-0.25, -0.2) is 4.98 Å². The van der Waals surface area contributed by atoms with E-state index in [9.17, 15) is 4.79 Å². The lowest BCUT2D eigenvalue weighted by molar-refractivity contribution is 0.737. The maximum absolute atomic E-state index is 12.8. The molecule has 0 amide bonds. The third-order valence-electron chi connectivity index (χ3n) is 3.79. The Hall–Kier alpha value is -2.45. The summed E-state index contributed by atoms with van der Waals surface area (Å²) >= 11 is 1.47. The molecular formula is C17H15N3OS. The van der Waals surface area contributed by atoms with Crippen LogP contribution in [0.1, 0.15) is 17.0 Å². The van der Waals surface area contributed by atoms with Crippen molar-refractivity contribution in [3.63, 3.8) is 0 Å². The molecule has 0 saturated carbocycles. The van der Waals surface area contributed by atoms with E-state index in [0.717, 1.165) is 21.5 Å². The first-order valence-electron chi connectivity index (χ1n) is 6.96. The van der Waals surface area contributed by atoms with Crippen LogP contribution in [0.3, 0.4) is 0 Å². The molecule has 0 radical (unpaired) electrons. The minimum Gasteiger partial charge on any atom is -0.282 e. The maximum Gasteiger partial charge on any atom is 0.263 e. The summed E-state index contributed by atoms with van der Waals surface area (Å²) in [5, 5.41) is 11.5. The van der Waals surface area contributed by atoms with E-state index in [-0.39, 0.29) is 12.1 Å². The number of nitriles is 1. The zero-order valence-electron chi connectivity index (χ0n) is 12.7. The topological polar surface area (TPSA) is 58.7 Å². The predicted octanol–water partition coefficient (Wildman–Crippen LogP) is 3.57. The largest absolute Gasteiger partial charge is 0.282 e. The van der Waals surface area contributed by atoms with Crippen LogP contribution in [-0.4, -0.2) is 9.55 Å². The number of aryl methyl sites for hydroxylation is 3. The van der Waals surface area contributed by atoms with Crippen molar-refractivity contribution in [2.24, 2.45) is 0 Å². The van der Waals surface area contributed by atoms with Crippen molar-refractivity contribution < 1.29 is 0 Å². The molecule has 0 aliphatic heterocycles. The first kappa shape index (κ1) is 14.5. The monoisotopic (exact) mass is 309 g/mol. The van der Waals surface area contributed by atoms with Gasteiger partial charge < -0.3 is 0 Å². The van der Waals surface area contributed by atoms with Crippen molar-refractivity contribution in [3.05, 3.63) is 50.9 Å². The Kier molecular flexibility index (Phi) is 3.55. The predicted molar refractivity (Wildman–Crippen MR) is 89.1 cm³/mol. The molecule has 0 spiro atoms. The number of hydrogen-bond acceptors (Lipinski definition) is 4. The summed E-state index contributed by atoms with van der Waals surface area (Å²) in [6.45, 7) is 5.87. The number of benzene rings is 1. The van der Waals surface area contributed by atoms with Gasteiger partial charge in [0.05, 0.1) is 11.5 Å². The standard InChI is InChI=1S/C17H15N3OS/c1-10-4-5-13(11(2)8-10)14-9-22-16-15(14)17(21)20(7-6-18)12(3)19-16/h4-5,8-9H,7H2,1-3H3. The lowest BCUT2D eigenvalue weighted by atomic mass is 9.99. The van der Waals surface area contributed by atoms with Gasteiger partial charge in [-0.05, 0) is 31.9 Å². The third kappa shape index (κ3) is 2.22. The van der Waals surface area contributed by atoms with Gasteiger partial charge in [0.25, 0.3) is 5.56 Å². The Morgan fingerprint density at radius 3 is 2.73 bits per heavy atom. The van der Waals surface area contributed by atoms with Crippen LogP contribution < -0.4 is 5.56 Å². The molecule has 0 unspecified atom stereocenters. The fourth-order valence-corrected chi connectivity index (χ4v) is 3.67. The van der Waals surface area contributed by atoms with Crippen molar-refractivity contribution in [1.82, 2.24) is 9.55 Å². The number of hydrogen-bond donors (Lipinski definition) is 0. The van der Waals surface area contributed by atoms with Crippen LogP contribution in [0.5, 0.6) is 0 Å². The third-order valence-corrected chi connectivity index (χ3v) is 4.66. The van der Waals surface area contributed by atoms with E-state index in [0.29, 0.717) is 11.2 Å². The van der Waals surface area contributed by atoms with Crippen LogP contribution in [0.2, 0.25) is 0 Å².